The number of carbonyl (C=O) groups excluding carboxylic acids is 2. The second kappa shape index (κ2) is 9.07. The van der Waals surface area contributed by atoms with Gasteiger partial charge >= 0.3 is 12.1 Å². The largest absolute Gasteiger partial charge is 0.497 e. The maximum absolute atomic E-state index is 12.9. The lowest BCUT2D eigenvalue weighted by atomic mass is 10.0. The third kappa shape index (κ3) is 4.50. The normalized spacial score (nSPS) is 17.4. The van der Waals surface area contributed by atoms with E-state index in [1.165, 1.54) is 0 Å². The van der Waals surface area contributed by atoms with E-state index in [0.717, 1.165) is 42.9 Å². The van der Waals surface area contributed by atoms with E-state index >= 15 is 0 Å². The average Bonchev–Trinajstić information content (AvgIpc) is 3.15. The number of nitrogens with one attached hydrogen (secondary N) is 1. The highest BCUT2D eigenvalue weighted by atomic mass is 16.5. The fraction of sp³-hybridized carbons (Fsp3) is 0.391. The zero-order valence-corrected chi connectivity index (χ0v) is 17.3. The van der Waals surface area contributed by atoms with Crippen molar-refractivity contribution in [2.24, 2.45) is 0 Å². The van der Waals surface area contributed by atoms with E-state index in [-0.39, 0.29) is 18.1 Å². The van der Waals surface area contributed by atoms with Crippen LogP contribution in [0.3, 0.4) is 0 Å². The molecule has 0 aromatic heterocycles. The second-order valence-electron chi connectivity index (χ2n) is 7.76. The molecule has 2 heterocycles. The van der Waals surface area contributed by atoms with Gasteiger partial charge in [0.05, 0.1) is 7.11 Å². The van der Waals surface area contributed by atoms with E-state index in [2.05, 4.69) is 17.4 Å². The topological polar surface area (TPSA) is 65.1 Å². The molecule has 0 radical (unpaired) electrons. The molecule has 4 rings (SSSR count). The van der Waals surface area contributed by atoms with Gasteiger partial charge in [-0.15, -0.1) is 0 Å². The highest BCUT2D eigenvalue weighted by Gasteiger charge is 2.35. The van der Waals surface area contributed by atoms with Crippen LogP contribution in [0.25, 0.3) is 0 Å². The molecule has 30 heavy (non-hydrogen) atoms. The summed E-state index contributed by atoms with van der Waals surface area (Å²) < 4.78 is 5.14. The van der Waals surface area contributed by atoms with Crippen LogP contribution in [0, 0.1) is 0 Å². The van der Waals surface area contributed by atoms with Crippen LogP contribution in [0.2, 0.25) is 0 Å². The van der Waals surface area contributed by atoms with E-state index in [1.807, 2.05) is 57.2 Å². The van der Waals surface area contributed by atoms with Gasteiger partial charge in [0.2, 0.25) is 0 Å². The summed E-state index contributed by atoms with van der Waals surface area (Å²) in [6, 6.07) is 17.6. The Hall–Kier alpha value is -3.22. The van der Waals surface area contributed by atoms with Crippen molar-refractivity contribution >= 4 is 17.7 Å². The molecule has 2 aliphatic rings. The van der Waals surface area contributed by atoms with Gasteiger partial charge in [0, 0.05) is 44.5 Å². The number of hydrogen-bond donors (Lipinski definition) is 1. The van der Waals surface area contributed by atoms with Crippen LogP contribution in [0.4, 0.5) is 15.3 Å². The number of anilines is 1. The predicted octanol–water partition coefficient (Wildman–Crippen LogP) is 3.63. The van der Waals surface area contributed by atoms with Crippen molar-refractivity contribution in [3.63, 3.8) is 0 Å². The summed E-state index contributed by atoms with van der Waals surface area (Å²) in [7, 11) is 1.61. The first-order valence-corrected chi connectivity index (χ1v) is 10.4. The van der Waals surface area contributed by atoms with Crippen molar-refractivity contribution in [1.29, 1.82) is 0 Å². The Kier molecular flexibility index (Phi) is 6.07. The minimum absolute atomic E-state index is 0.0999. The first-order chi connectivity index (χ1) is 14.6. The summed E-state index contributed by atoms with van der Waals surface area (Å²) >= 11 is 0. The van der Waals surface area contributed by atoms with E-state index in [9.17, 15) is 9.59 Å². The van der Waals surface area contributed by atoms with Crippen LogP contribution < -0.4 is 10.1 Å². The number of ether oxygens (including phenoxy) is 1. The summed E-state index contributed by atoms with van der Waals surface area (Å²) in [5.41, 5.74) is 1.90. The SMILES string of the molecule is COc1ccc(NC(=O)N2CCC(N3CCN(Cc4ccccc4)C3=O)CC2)cc1. The van der Waals surface area contributed by atoms with E-state index in [0.29, 0.717) is 19.6 Å². The Bertz CT molecular complexity index is 864. The van der Waals surface area contributed by atoms with Gasteiger partial charge in [-0.25, -0.2) is 9.59 Å². The highest BCUT2D eigenvalue weighted by molar-refractivity contribution is 5.89. The summed E-state index contributed by atoms with van der Waals surface area (Å²) in [6.45, 7) is 3.46. The molecule has 2 aromatic rings. The quantitative estimate of drug-likeness (QED) is 0.822. The number of benzene rings is 2. The molecule has 2 saturated heterocycles. The Morgan fingerprint density at radius 3 is 2.37 bits per heavy atom. The van der Waals surface area contributed by atoms with Gasteiger partial charge in [0.1, 0.15) is 5.75 Å². The molecule has 0 atom stereocenters. The lowest BCUT2D eigenvalue weighted by molar-refractivity contribution is 0.139. The molecule has 7 heteroatoms. The smallest absolute Gasteiger partial charge is 0.321 e. The highest BCUT2D eigenvalue weighted by Crippen LogP contribution is 2.23. The van der Waals surface area contributed by atoms with Crippen molar-refractivity contribution < 1.29 is 14.3 Å². The summed E-state index contributed by atoms with van der Waals surface area (Å²) in [5, 5.41) is 2.93. The first-order valence-electron chi connectivity index (χ1n) is 10.4. The maximum Gasteiger partial charge on any atom is 0.321 e. The zero-order chi connectivity index (χ0) is 20.9. The molecule has 0 unspecified atom stereocenters. The minimum atomic E-state index is -0.0999. The Balaban J connectivity index is 1.26. The molecule has 2 aromatic carbocycles. The van der Waals surface area contributed by atoms with Crippen LogP contribution in [0.15, 0.2) is 54.6 Å². The van der Waals surface area contributed by atoms with Crippen molar-refractivity contribution in [2.45, 2.75) is 25.4 Å². The lowest BCUT2D eigenvalue weighted by Crippen LogP contribution is -2.49. The number of nitrogens with zero attached hydrogens (tertiary/aromatic N) is 3. The molecule has 158 valence electrons. The summed E-state index contributed by atoms with van der Waals surface area (Å²) in [6.07, 6.45) is 1.61. The molecule has 2 aliphatic heterocycles. The second-order valence-corrected chi connectivity index (χ2v) is 7.76. The number of methoxy groups -OCH3 is 1. The molecule has 0 saturated carbocycles. The third-order valence-electron chi connectivity index (χ3n) is 5.88. The fourth-order valence-corrected chi connectivity index (χ4v) is 4.15. The molecule has 7 nitrogen and oxygen atoms in total. The van der Waals surface area contributed by atoms with Gasteiger partial charge < -0.3 is 24.8 Å². The summed E-state index contributed by atoms with van der Waals surface area (Å²) in [5.74, 6) is 0.755. The first kappa shape index (κ1) is 20.1. The number of amides is 4. The number of likely N-dealkylation sites (tertiary alicyclic amines) is 1. The number of rotatable bonds is 5. The molecule has 4 amide bonds. The molecular weight excluding hydrogens is 380 g/mol. The van der Waals surface area contributed by atoms with Crippen LogP contribution in [-0.2, 0) is 6.54 Å². The van der Waals surface area contributed by atoms with Crippen molar-refractivity contribution in [2.75, 3.05) is 38.6 Å². The monoisotopic (exact) mass is 408 g/mol. The van der Waals surface area contributed by atoms with Crippen molar-refractivity contribution in [1.82, 2.24) is 14.7 Å². The van der Waals surface area contributed by atoms with Gasteiger partial charge in [0.15, 0.2) is 0 Å². The number of piperidine rings is 1. The fourth-order valence-electron chi connectivity index (χ4n) is 4.15. The van der Waals surface area contributed by atoms with Crippen LogP contribution in [0.5, 0.6) is 5.75 Å². The van der Waals surface area contributed by atoms with Gasteiger partial charge in [-0.2, -0.15) is 0 Å². The van der Waals surface area contributed by atoms with Crippen molar-refractivity contribution in [3.05, 3.63) is 60.2 Å². The van der Waals surface area contributed by atoms with Crippen LogP contribution in [0.1, 0.15) is 18.4 Å². The van der Waals surface area contributed by atoms with E-state index in [4.69, 9.17) is 4.74 Å². The number of carbonyl (C=O) groups is 2. The Morgan fingerprint density at radius 1 is 1.00 bits per heavy atom. The number of hydrogen-bond acceptors (Lipinski definition) is 3. The molecule has 0 aliphatic carbocycles. The van der Waals surface area contributed by atoms with Gasteiger partial charge in [-0.3, -0.25) is 0 Å². The molecule has 2 fully saturated rings. The van der Waals surface area contributed by atoms with E-state index in [1.54, 1.807) is 7.11 Å². The molecule has 0 spiro atoms. The lowest BCUT2D eigenvalue weighted by Gasteiger charge is -2.36. The van der Waals surface area contributed by atoms with Crippen LogP contribution in [-0.4, -0.2) is 66.1 Å². The van der Waals surface area contributed by atoms with E-state index < -0.39 is 0 Å². The average molecular weight is 409 g/mol. The van der Waals surface area contributed by atoms with Crippen LogP contribution >= 0.6 is 0 Å². The zero-order valence-electron chi connectivity index (χ0n) is 17.3. The molecular formula is C23H28N4O3. The van der Waals surface area contributed by atoms with Gasteiger partial charge in [-0.05, 0) is 42.7 Å². The Morgan fingerprint density at radius 2 is 1.70 bits per heavy atom. The minimum Gasteiger partial charge on any atom is -0.497 e. The van der Waals surface area contributed by atoms with Crippen molar-refractivity contribution in [3.8, 4) is 5.75 Å². The summed E-state index contributed by atoms with van der Waals surface area (Å²) in [4.78, 5) is 31.2. The standard InChI is InChI=1S/C23H28N4O3/c1-30-21-9-7-19(8-10-21)24-22(28)25-13-11-20(12-14-25)27-16-15-26(23(27)29)17-18-5-3-2-4-6-18/h2-10,20H,11-17H2,1H3,(H,24,28). The van der Waals surface area contributed by atoms with Gasteiger partial charge in [-0.1, -0.05) is 30.3 Å². The third-order valence-corrected chi connectivity index (χ3v) is 5.88. The molecule has 1 N–H and O–H groups in total. The molecule has 0 bridgehead atoms. The van der Waals surface area contributed by atoms with Gasteiger partial charge in [0.25, 0.3) is 0 Å². The maximum atomic E-state index is 12.9. The predicted molar refractivity (Wildman–Crippen MR) is 116 cm³/mol. The Labute approximate surface area is 177 Å². The number of urea groups is 2.